The molecule has 1 aromatic carbocycles. The Labute approximate surface area is 186 Å². The lowest BCUT2D eigenvalue weighted by molar-refractivity contribution is 0.000779. The van der Waals surface area contributed by atoms with Gasteiger partial charge in [0.2, 0.25) is 14.7 Å². The molecule has 0 radical (unpaired) electrons. The highest BCUT2D eigenvalue weighted by molar-refractivity contribution is 7.93. The summed E-state index contributed by atoms with van der Waals surface area (Å²) in [6, 6.07) is 11.1. The number of aromatic amines is 1. The second-order valence-electron chi connectivity index (χ2n) is 8.46. The predicted octanol–water partition coefficient (Wildman–Crippen LogP) is 2.46. The zero-order valence-corrected chi connectivity index (χ0v) is 18.4. The molecule has 0 bridgehead atoms. The van der Waals surface area contributed by atoms with Crippen LogP contribution in [0.2, 0.25) is 0 Å². The summed E-state index contributed by atoms with van der Waals surface area (Å²) in [7, 11) is -3.93. The summed E-state index contributed by atoms with van der Waals surface area (Å²) >= 11 is 0. The van der Waals surface area contributed by atoms with Crippen molar-refractivity contribution in [2.24, 2.45) is 0 Å². The molecule has 3 aliphatic rings. The van der Waals surface area contributed by atoms with Crippen molar-refractivity contribution in [1.82, 2.24) is 20.0 Å². The Morgan fingerprint density at radius 2 is 1.84 bits per heavy atom. The maximum absolute atomic E-state index is 14.7. The van der Waals surface area contributed by atoms with Crippen LogP contribution in [0.25, 0.3) is 22.7 Å². The summed E-state index contributed by atoms with van der Waals surface area (Å²) in [5, 5.41) is 6.81. The van der Waals surface area contributed by atoms with Crippen molar-refractivity contribution >= 4 is 32.5 Å². The van der Waals surface area contributed by atoms with Crippen LogP contribution in [0.15, 0.2) is 78.0 Å². The van der Waals surface area contributed by atoms with Crippen LogP contribution in [0.5, 0.6) is 0 Å². The number of benzene rings is 1. The van der Waals surface area contributed by atoms with E-state index in [2.05, 4.69) is 15.0 Å². The van der Waals surface area contributed by atoms with Gasteiger partial charge in [-0.15, -0.1) is 0 Å². The summed E-state index contributed by atoms with van der Waals surface area (Å²) in [6.45, 7) is 1.65. The molecule has 3 aromatic rings. The van der Waals surface area contributed by atoms with Crippen molar-refractivity contribution < 1.29 is 8.42 Å². The predicted molar refractivity (Wildman–Crippen MR) is 125 cm³/mol. The standard InChI is InChI=1S/C25H24N4O2S/c30-32(31,22-11-6-8-19-9-7-14-26-24(19)22)25-13-3-2-10-21(25)23-20(12-15-27-23)18-29(25)28-16-4-1-5-17-28/h2-3,6-15,18,27H,1,4-5,16-17H2. The fraction of sp³-hybridized carbons (Fsp3) is 0.240. The smallest absolute Gasteiger partial charge is 0.213 e. The highest BCUT2D eigenvalue weighted by Crippen LogP contribution is 2.43. The van der Waals surface area contributed by atoms with E-state index in [4.69, 9.17) is 0 Å². The minimum Gasteiger partial charge on any atom is -0.361 e. The van der Waals surface area contributed by atoms with E-state index in [1.54, 1.807) is 18.3 Å². The molecule has 1 unspecified atom stereocenters. The van der Waals surface area contributed by atoms with Crippen LogP contribution in [0.3, 0.4) is 0 Å². The number of fused-ring (bicyclic) bond motifs is 3. The third-order valence-electron chi connectivity index (χ3n) is 6.66. The molecule has 1 aliphatic carbocycles. The monoisotopic (exact) mass is 444 g/mol. The first-order valence-corrected chi connectivity index (χ1v) is 12.5. The first-order valence-electron chi connectivity index (χ1n) is 11.0. The summed E-state index contributed by atoms with van der Waals surface area (Å²) in [5.74, 6) is 0. The van der Waals surface area contributed by atoms with Crippen LogP contribution in [0, 0.1) is 0 Å². The Balaban J connectivity index is 1.68. The number of allylic oxidation sites excluding steroid dienone is 2. The van der Waals surface area contributed by atoms with Gasteiger partial charge in [-0.1, -0.05) is 42.8 Å². The van der Waals surface area contributed by atoms with Gasteiger partial charge in [-0.05, 0) is 37.1 Å². The fourth-order valence-corrected chi connectivity index (χ4v) is 7.31. The Bertz CT molecular complexity index is 1490. The SMILES string of the molecule is O=S(=O)(c1cccc2cccnc12)C12C=CC=CC1=c1[nH]ccc1=CN2N1CCCCC1. The van der Waals surface area contributed by atoms with Crippen LogP contribution < -0.4 is 10.6 Å². The van der Waals surface area contributed by atoms with Gasteiger partial charge < -0.3 is 4.98 Å². The highest BCUT2D eigenvalue weighted by atomic mass is 32.2. The van der Waals surface area contributed by atoms with Gasteiger partial charge in [0.25, 0.3) is 0 Å². The third-order valence-corrected chi connectivity index (χ3v) is 8.94. The number of piperidine rings is 1. The molecule has 7 heteroatoms. The first-order chi connectivity index (χ1) is 15.6. The van der Waals surface area contributed by atoms with Gasteiger partial charge in [0.15, 0.2) is 0 Å². The van der Waals surface area contributed by atoms with Gasteiger partial charge in [0, 0.05) is 47.9 Å². The minimum atomic E-state index is -3.93. The molecule has 1 fully saturated rings. The van der Waals surface area contributed by atoms with Gasteiger partial charge in [0.1, 0.15) is 0 Å². The topological polar surface area (TPSA) is 69.3 Å². The number of nitrogens with zero attached hydrogens (tertiary/aromatic N) is 3. The van der Waals surface area contributed by atoms with Gasteiger partial charge in [-0.3, -0.25) is 9.99 Å². The molecule has 2 aromatic heterocycles. The first kappa shape index (κ1) is 19.5. The molecule has 4 heterocycles. The molecule has 1 saturated heterocycles. The number of para-hydroxylation sites is 1. The molecular formula is C25H24N4O2S. The lowest BCUT2D eigenvalue weighted by Gasteiger charge is -2.49. The zero-order chi connectivity index (χ0) is 21.8. The van der Waals surface area contributed by atoms with Crippen LogP contribution in [-0.4, -0.2) is 46.4 Å². The average Bonchev–Trinajstić information content (AvgIpc) is 3.32. The number of H-pyrrole nitrogens is 1. The van der Waals surface area contributed by atoms with Gasteiger partial charge in [-0.25, -0.2) is 13.4 Å². The Morgan fingerprint density at radius 1 is 1.00 bits per heavy atom. The highest BCUT2D eigenvalue weighted by Gasteiger charge is 2.54. The zero-order valence-electron chi connectivity index (χ0n) is 17.6. The largest absolute Gasteiger partial charge is 0.361 e. The van der Waals surface area contributed by atoms with Crippen LogP contribution in [-0.2, 0) is 9.84 Å². The van der Waals surface area contributed by atoms with Crippen molar-refractivity contribution in [1.29, 1.82) is 0 Å². The van der Waals surface area contributed by atoms with Crippen molar-refractivity contribution in [3.8, 4) is 0 Å². The lowest BCUT2D eigenvalue weighted by Crippen LogP contribution is -2.63. The van der Waals surface area contributed by atoms with E-state index >= 15 is 0 Å². The van der Waals surface area contributed by atoms with Crippen molar-refractivity contribution in [3.63, 3.8) is 0 Å². The number of nitrogens with one attached hydrogen (secondary N) is 1. The Hall–Kier alpha value is -3.16. The molecule has 6 rings (SSSR count). The number of hydrogen-bond acceptors (Lipinski definition) is 5. The van der Waals surface area contributed by atoms with E-state index in [1.807, 2.05) is 66.0 Å². The van der Waals surface area contributed by atoms with E-state index in [1.165, 1.54) is 6.42 Å². The number of hydrazine groups is 1. The summed E-state index contributed by atoms with van der Waals surface area (Å²) < 4.78 is 29.4. The second kappa shape index (κ2) is 7.18. The molecule has 2 aliphatic heterocycles. The van der Waals surface area contributed by atoms with Crippen LogP contribution in [0.1, 0.15) is 19.3 Å². The number of rotatable bonds is 3. The van der Waals surface area contributed by atoms with E-state index in [0.717, 1.165) is 47.5 Å². The summed E-state index contributed by atoms with van der Waals surface area (Å²) in [5.41, 5.74) is 1.24. The Morgan fingerprint density at radius 3 is 2.72 bits per heavy atom. The van der Waals surface area contributed by atoms with Crippen molar-refractivity contribution in [2.45, 2.75) is 29.0 Å². The normalized spacial score (nSPS) is 23.1. The fourth-order valence-electron chi connectivity index (χ4n) is 5.16. The maximum Gasteiger partial charge on any atom is 0.213 e. The molecule has 0 saturated carbocycles. The van der Waals surface area contributed by atoms with Gasteiger partial charge in [-0.2, -0.15) is 0 Å². The Kier molecular flexibility index (Phi) is 4.38. The number of aromatic nitrogens is 2. The number of sulfone groups is 1. The van der Waals surface area contributed by atoms with Gasteiger partial charge in [0.05, 0.1) is 15.8 Å². The number of hydrogen-bond donors (Lipinski definition) is 1. The molecule has 162 valence electrons. The van der Waals surface area contributed by atoms with Crippen molar-refractivity contribution in [2.75, 3.05) is 13.1 Å². The molecular weight excluding hydrogens is 420 g/mol. The summed E-state index contributed by atoms with van der Waals surface area (Å²) in [4.78, 5) is 6.62. The molecule has 32 heavy (non-hydrogen) atoms. The van der Waals surface area contributed by atoms with Crippen molar-refractivity contribution in [3.05, 3.63) is 83.7 Å². The lowest BCUT2D eigenvalue weighted by atomic mass is 9.97. The molecule has 6 nitrogen and oxygen atoms in total. The average molecular weight is 445 g/mol. The minimum absolute atomic E-state index is 0.249. The molecule has 1 N–H and O–H groups in total. The third kappa shape index (κ3) is 2.61. The molecule has 0 spiro atoms. The molecule has 0 amide bonds. The van der Waals surface area contributed by atoms with E-state index in [9.17, 15) is 8.42 Å². The van der Waals surface area contributed by atoms with E-state index < -0.39 is 14.7 Å². The number of pyridine rings is 1. The van der Waals surface area contributed by atoms with Crippen LogP contribution >= 0.6 is 0 Å². The quantitative estimate of drug-likeness (QED) is 0.672. The van der Waals surface area contributed by atoms with E-state index in [0.29, 0.717) is 5.52 Å². The van der Waals surface area contributed by atoms with E-state index in [-0.39, 0.29) is 4.90 Å². The second-order valence-corrected chi connectivity index (χ2v) is 10.5. The van der Waals surface area contributed by atoms with Gasteiger partial charge >= 0.3 is 0 Å². The maximum atomic E-state index is 14.7. The summed E-state index contributed by atoms with van der Waals surface area (Å²) in [6.07, 6.45) is 16.3. The molecule has 1 atom stereocenters. The van der Waals surface area contributed by atoms with Crippen LogP contribution in [0.4, 0.5) is 0 Å².